The van der Waals surface area contributed by atoms with E-state index in [1.54, 1.807) is 0 Å². The topological polar surface area (TPSA) is 56.0 Å². The first-order valence-corrected chi connectivity index (χ1v) is 5.89. The molecule has 0 saturated carbocycles. The van der Waals surface area contributed by atoms with Gasteiger partial charge in [-0.1, -0.05) is 12.1 Å². The van der Waals surface area contributed by atoms with Gasteiger partial charge in [-0.05, 0) is 12.1 Å². The van der Waals surface area contributed by atoms with Crippen LogP contribution in [0.4, 0.5) is 32.0 Å². The molecule has 0 radical (unpaired) electrons. The van der Waals surface area contributed by atoms with Crippen molar-refractivity contribution in [1.29, 1.82) is 0 Å². The summed E-state index contributed by atoms with van der Waals surface area (Å²) in [7, 11) is 0. The molecule has 1 aromatic heterocycles. The molecular formula is C13H6F6N2O2. The number of rotatable bonds is 2. The smallest absolute Gasteiger partial charge is 0.258 e. The summed E-state index contributed by atoms with van der Waals surface area (Å²) in [5.41, 5.74) is -3.80. The molecular weight excluding hydrogens is 330 g/mol. The van der Waals surface area contributed by atoms with Gasteiger partial charge in [0.1, 0.15) is 5.69 Å². The second-order valence-electron chi connectivity index (χ2n) is 4.42. The lowest BCUT2D eigenvalue weighted by Gasteiger charge is -2.09. The molecule has 2 rings (SSSR count). The molecule has 0 amide bonds. The van der Waals surface area contributed by atoms with Crippen LogP contribution in [0.15, 0.2) is 36.5 Å². The molecule has 1 aromatic carbocycles. The normalized spacial score (nSPS) is 12.3. The number of nitrogens with zero attached hydrogens (tertiary/aromatic N) is 2. The van der Waals surface area contributed by atoms with Crippen molar-refractivity contribution in [1.82, 2.24) is 4.98 Å². The van der Waals surface area contributed by atoms with Crippen LogP contribution in [0.3, 0.4) is 0 Å². The van der Waals surface area contributed by atoms with Crippen LogP contribution in [-0.4, -0.2) is 9.91 Å². The fourth-order valence-corrected chi connectivity index (χ4v) is 1.79. The molecule has 0 bridgehead atoms. The zero-order valence-electron chi connectivity index (χ0n) is 10.9. The summed E-state index contributed by atoms with van der Waals surface area (Å²) in [6, 6.07) is 3.44. The van der Waals surface area contributed by atoms with Crippen molar-refractivity contribution >= 4 is 5.69 Å². The van der Waals surface area contributed by atoms with Crippen LogP contribution in [0.1, 0.15) is 11.1 Å². The first kappa shape index (κ1) is 16.7. The molecule has 0 N–H and O–H groups in total. The molecule has 0 aliphatic carbocycles. The fourth-order valence-electron chi connectivity index (χ4n) is 1.79. The van der Waals surface area contributed by atoms with E-state index in [1.807, 2.05) is 0 Å². The van der Waals surface area contributed by atoms with Crippen LogP contribution in [0, 0.1) is 10.1 Å². The predicted octanol–water partition coefficient (Wildman–Crippen LogP) is 4.69. The molecule has 23 heavy (non-hydrogen) atoms. The first-order valence-electron chi connectivity index (χ1n) is 5.89. The highest BCUT2D eigenvalue weighted by molar-refractivity contribution is 5.70. The Morgan fingerprint density at radius 1 is 0.913 bits per heavy atom. The highest BCUT2D eigenvalue weighted by atomic mass is 19.4. The van der Waals surface area contributed by atoms with Gasteiger partial charge in [-0.3, -0.25) is 10.1 Å². The Morgan fingerprint density at radius 3 is 1.87 bits per heavy atom. The van der Waals surface area contributed by atoms with E-state index in [4.69, 9.17) is 0 Å². The Balaban J connectivity index is 2.53. The van der Waals surface area contributed by atoms with Gasteiger partial charge in [-0.15, -0.1) is 0 Å². The van der Waals surface area contributed by atoms with Gasteiger partial charge in [0.25, 0.3) is 5.69 Å². The van der Waals surface area contributed by atoms with E-state index >= 15 is 0 Å². The van der Waals surface area contributed by atoms with Gasteiger partial charge in [0.05, 0.1) is 16.1 Å². The molecule has 0 fully saturated rings. The third-order valence-corrected chi connectivity index (χ3v) is 2.88. The number of hydrogen-bond acceptors (Lipinski definition) is 3. The van der Waals surface area contributed by atoms with Crippen LogP contribution >= 0.6 is 0 Å². The van der Waals surface area contributed by atoms with E-state index in [2.05, 4.69) is 4.98 Å². The minimum Gasteiger partial charge on any atom is -0.258 e. The molecule has 122 valence electrons. The van der Waals surface area contributed by atoms with Gasteiger partial charge >= 0.3 is 12.4 Å². The van der Waals surface area contributed by atoms with Crippen LogP contribution in [0.25, 0.3) is 11.3 Å². The zero-order valence-corrected chi connectivity index (χ0v) is 10.9. The monoisotopic (exact) mass is 336 g/mol. The van der Waals surface area contributed by atoms with E-state index in [9.17, 15) is 36.5 Å². The van der Waals surface area contributed by atoms with Gasteiger partial charge in [0.2, 0.25) is 0 Å². The number of aromatic nitrogens is 1. The van der Waals surface area contributed by atoms with Gasteiger partial charge in [-0.2, -0.15) is 26.3 Å². The minimum atomic E-state index is -4.82. The number of nitro groups is 1. The van der Waals surface area contributed by atoms with Crippen molar-refractivity contribution in [2.45, 2.75) is 12.4 Å². The summed E-state index contributed by atoms with van der Waals surface area (Å²) in [5.74, 6) is 0. The number of benzene rings is 1. The zero-order chi connectivity index (χ0) is 17.4. The largest absolute Gasteiger partial charge is 0.418 e. The van der Waals surface area contributed by atoms with Crippen molar-refractivity contribution in [3.63, 3.8) is 0 Å². The summed E-state index contributed by atoms with van der Waals surface area (Å²) >= 11 is 0. The number of halogens is 6. The van der Waals surface area contributed by atoms with E-state index in [0.717, 1.165) is 12.1 Å². The van der Waals surface area contributed by atoms with Crippen molar-refractivity contribution in [3.05, 3.63) is 57.8 Å². The molecule has 4 nitrogen and oxygen atoms in total. The van der Waals surface area contributed by atoms with Crippen molar-refractivity contribution in [3.8, 4) is 11.3 Å². The maximum absolute atomic E-state index is 12.6. The molecule has 0 saturated heterocycles. The van der Waals surface area contributed by atoms with E-state index < -0.39 is 39.8 Å². The molecule has 1 heterocycles. The Hall–Kier alpha value is -2.65. The summed E-state index contributed by atoms with van der Waals surface area (Å²) in [4.78, 5) is 13.2. The second-order valence-corrected chi connectivity index (χ2v) is 4.42. The van der Waals surface area contributed by atoms with Crippen molar-refractivity contribution < 1.29 is 31.3 Å². The lowest BCUT2D eigenvalue weighted by Crippen LogP contribution is -2.08. The Kier molecular flexibility index (Phi) is 4.01. The molecule has 0 unspecified atom stereocenters. The number of pyridine rings is 1. The molecule has 0 atom stereocenters. The molecule has 0 aliphatic rings. The summed E-state index contributed by atoms with van der Waals surface area (Å²) in [6.07, 6.45) is -9.03. The van der Waals surface area contributed by atoms with Crippen LogP contribution in [-0.2, 0) is 12.4 Å². The average molecular weight is 336 g/mol. The van der Waals surface area contributed by atoms with Gasteiger partial charge in [0.15, 0.2) is 0 Å². The van der Waals surface area contributed by atoms with Crippen LogP contribution in [0.5, 0.6) is 0 Å². The highest BCUT2D eigenvalue weighted by Gasteiger charge is 2.34. The van der Waals surface area contributed by atoms with Gasteiger partial charge in [0, 0.05) is 17.8 Å². The van der Waals surface area contributed by atoms with Crippen molar-refractivity contribution in [2.24, 2.45) is 0 Å². The molecule has 0 spiro atoms. The van der Waals surface area contributed by atoms with Gasteiger partial charge < -0.3 is 0 Å². The lowest BCUT2D eigenvalue weighted by molar-refractivity contribution is -0.384. The summed E-state index contributed by atoms with van der Waals surface area (Å²) in [6.45, 7) is 0. The van der Waals surface area contributed by atoms with E-state index in [-0.39, 0.29) is 5.56 Å². The maximum atomic E-state index is 12.6. The quantitative estimate of drug-likeness (QED) is 0.454. The minimum absolute atomic E-state index is 0.0987. The standard InChI is InChI=1S/C13H6F6N2O2/c14-12(15,16)8-3-1-7(2-4-8)11-10(21(22)23)5-9(6-20-11)13(17,18)19/h1-6H. The average Bonchev–Trinajstić information content (AvgIpc) is 2.45. The SMILES string of the molecule is O=[N+]([O-])c1cc(C(F)(F)F)cnc1-c1ccc(C(F)(F)F)cc1. The number of hydrogen-bond donors (Lipinski definition) is 0. The van der Waals surface area contributed by atoms with E-state index in [1.165, 1.54) is 0 Å². The van der Waals surface area contributed by atoms with Gasteiger partial charge in [-0.25, -0.2) is 4.98 Å². The molecule has 10 heteroatoms. The molecule has 2 aromatic rings. The third-order valence-electron chi connectivity index (χ3n) is 2.88. The lowest BCUT2D eigenvalue weighted by atomic mass is 10.1. The second kappa shape index (κ2) is 5.52. The van der Waals surface area contributed by atoms with Crippen LogP contribution in [0.2, 0.25) is 0 Å². The summed E-state index contributed by atoms with van der Waals surface area (Å²) < 4.78 is 75.1. The first-order chi connectivity index (χ1) is 10.5. The Morgan fingerprint density at radius 2 is 1.43 bits per heavy atom. The maximum Gasteiger partial charge on any atom is 0.418 e. The molecule has 0 aliphatic heterocycles. The highest BCUT2D eigenvalue weighted by Crippen LogP contribution is 2.36. The summed E-state index contributed by atoms with van der Waals surface area (Å²) in [5, 5.41) is 10.9. The Bertz CT molecular complexity index is 738. The van der Waals surface area contributed by atoms with Crippen LogP contribution < -0.4 is 0 Å². The van der Waals surface area contributed by atoms with E-state index in [0.29, 0.717) is 24.4 Å². The predicted molar refractivity (Wildman–Crippen MR) is 66.3 cm³/mol. The number of alkyl halides is 6. The van der Waals surface area contributed by atoms with Crippen molar-refractivity contribution in [2.75, 3.05) is 0 Å². The Labute approximate surface area is 124 Å². The third kappa shape index (κ3) is 3.58. The fraction of sp³-hybridized carbons (Fsp3) is 0.154.